The Balaban J connectivity index is 1.28. The SMILES string of the molecule is O=C(c1ccc(-c2ccc(Nc3nc4ccc(Cl)cc4s3)cc2)cc1)C1CCCCC1. The molecule has 0 amide bonds. The average molecular weight is 447 g/mol. The van der Waals surface area contributed by atoms with Gasteiger partial charge in [0.25, 0.3) is 0 Å². The number of aromatic nitrogens is 1. The minimum absolute atomic E-state index is 0.212. The number of benzene rings is 3. The first-order valence-corrected chi connectivity index (χ1v) is 11.9. The van der Waals surface area contributed by atoms with E-state index in [1.165, 1.54) is 19.3 Å². The van der Waals surface area contributed by atoms with Gasteiger partial charge in [-0.25, -0.2) is 4.98 Å². The number of carbonyl (C=O) groups excluding carboxylic acids is 1. The Labute approximate surface area is 191 Å². The number of hydrogen-bond acceptors (Lipinski definition) is 4. The molecule has 0 radical (unpaired) electrons. The fourth-order valence-corrected chi connectivity index (χ4v) is 5.41. The molecule has 1 aromatic heterocycles. The van der Waals surface area contributed by atoms with Crippen LogP contribution in [0, 0.1) is 5.92 Å². The molecule has 156 valence electrons. The molecule has 3 nitrogen and oxygen atoms in total. The topological polar surface area (TPSA) is 42.0 Å². The summed E-state index contributed by atoms with van der Waals surface area (Å²) in [5.41, 5.74) is 5.00. The number of hydrogen-bond donors (Lipinski definition) is 1. The Kier molecular flexibility index (Phi) is 5.75. The number of anilines is 2. The van der Waals surface area contributed by atoms with Crippen molar-refractivity contribution < 1.29 is 4.79 Å². The minimum Gasteiger partial charge on any atom is -0.332 e. The Morgan fingerprint density at radius 1 is 0.903 bits per heavy atom. The largest absolute Gasteiger partial charge is 0.332 e. The molecule has 5 heteroatoms. The van der Waals surface area contributed by atoms with E-state index in [2.05, 4.69) is 46.7 Å². The van der Waals surface area contributed by atoms with Gasteiger partial charge >= 0.3 is 0 Å². The molecule has 1 heterocycles. The zero-order valence-corrected chi connectivity index (χ0v) is 18.7. The second-order valence-corrected chi connectivity index (χ2v) is 9.58. The molecule has 0 saturated heterocycles. The quantitative estimate of drug-likeness (QED) is 0.314. The molecule has 0 aliphatic heterocycles. The Morgan fingerprint density at radius 3 is 2.29 bits per heavy atom. The van der Waals surface area contributed by atoms with Crippen molar-refractivity contribution in [3.8, 4) is 11.1 Å². The summed E-state index contributed by atoms with van der Waals surface area (Å²) in [7, 11) is 0. The Morgan fingerprint density at radius 2 is 1.58 bits per heavy atom. The number of ketones is 1. The van der Waals surface area contributed by atoms with Crippen molar-refractivity contribution in [3.63, 3.8) is 0 Å². The summed E-state index contributed by atoms with van der Waals surface area (Å²) in [6.07, 6.45) is 5.70. The van der Waals surface area contributed by atoms with Gasteiger partial charge in [-0.2, -0.15) is 0 Å². The standard InChI is InChI=1S/C26H23ClN2OS/c27-21-12-15-23-24(16-21)31-26(29-23)28-22-13-10-18(11-14-22)17-6-8-20(9-7-17)25(30)19-4-2-1-3-5-19/h6-16,19H,1-5H2,(H,28,29). The number of Topliss-reactive ketones (excluding diaryl/α,β-unsaturated/α-hetero) is 1. The van der Waals surface area contributed by atoms with Gasteiger partial charge in [-0.1, -0.05) is 78.6 Å². The van der Waals surface area contributed by atoms with Gasteiger partial charge in [0, 0.05) is 22.2 Å². The maximum Gasteiger partial charge on any atom is 0.188 e. The molecular formula is C26H23ClN2OS. The molecule has 0 spiro atoms. The van der Waals surface area contributed by atoms with E-state index in [4.69, 9.17) is 11.6 Å². The van der Waals surface area contributed by atoms with E-state index >= 15 is 0 Å². The second kappa shape index (κ2) is 8.81. The lowest BCUT2D eigenvalue weighted by Crippen LogP contribution is -2.17. The molecule has 3 aromatic carbocycles. The summed E-state index contributed by atoms with van der Waals surface area (Å²) in [6.45, 7) is 0. The monoisotopic (exact) mass is 446 g/mol. The van der Waals surface area contributed by atoms with Gasteiger partial charge in [-0.3, -0.25) is 4.79 Å². The van der Waals surface area contributed by atoms with E-state index in [9.17, 15) is 4.79 Å². The van der Waals surface area contributed by atoms with Crippen molar-refractivity contribution in [1.29, 1.82) is 0 Å². The fraction of sp³-hybridized carbons (Fsp3) is 0.231. The summed E-state index contributed by atoms with van der Waals surface area (Å²) in [5, 5.41) is 4.94. The summed E-state index contributed by atoms with van der Waals surface area (Å²) in [5.74, 6) is 0.520. The number of thiazole rings is 1. The molecule has 0 unspecified atom stereocenters. The van der Waals surface area contributed by atoms with Crippen molar-refractivity contribution in [3.05, 3.63) is 77.3 Å². The van der Waals surface area contributed by atoms with E-state index in [1.54, 1.807) is 11.3 Å². The highest BCUT2D eigenvalue weighted by atomic mass is 35.5. The number of nitrogens with one attached hydrogen (secondary N) is 1. The van der Waals surface area contributed by atoms with Crippen molar-refractivity contribution in [1.82, 2.24) is 4.98 Å². The molecule has 0 atom stereocenters. The highest BCUT2D eigenvalue weighted by molar-refractivity contribution is 7.22. The molecule has 1 aliphatic carbocycles. The lowest BCUT2D eigenvalue weighted by Gasteiger charge is -2.20. The van der Waals surface area contributed by atoms with E-state index in [1.807, 2.05) is 30.3 Å². The van der Waals surface area contributed by atoms with Crippen LogP contribution in [0.3, 0.4) is 0 Å². The van der Waals surface area contributed by atoms with Crippen LogP contribution in [0.25, 0.3) is 21.3 Å². The van der Waals surface area contributed by atoms with Crippen LogP contribution in [0.15, 0.2) is 66.7 Å². The molecule has 1 N–H and O–H groups in total. The average Bonchev–Trinajstić information content (AvgIpc) is 3.21. The van der Waals surface area contributed by atoms with Gasteiger partial charge in [0.1, 0.15) is 0 Å². The Hall–Kier alpha value is -2.69. The van der Waals surface area contributed by atoms with E-state index < -0.39 is 0 Å². The smallest absolute Gasteiger partial charge is 0.188 e. The highest BCUT2D eigenvalue weighted by Crippen LogP contribution is 2.31. The summed E-state index contributed by atoms with van der Waals surface area (Å²) in [4.78, 5) is 17.3. The predicted molar refractivity (Wildman–Crippen MR) is 131 cm³/mol. The summed E-state index contributed by atoms with van der Waals surface area (Å²) >= 11 is 7.65. The minimum atomic E-state index is 0.212. The molecule has 0 bridgehead atoms. The van der Waals surface area contributed by atoms with Crippen LogP contribution < -0.4 is 5.32 Å². The maximum atomic E-state index is 12.7. The summed E-state index contributed by atoms with van der Waals surface area (Å²) < 4.78 is 1.06. The van der Waals surface area contributed by atoms with Crippen molar-refractivity contribution in [2.45, 2.75) is 32.1 Å². The number of halogens is 1. The third-order valence-electron chi connectivity index (χ3n) is 5.97. The maximum absolute atomic E-state index is 12.7. The van der Waals surface area contributed by atoms with Crippen LogP contribution in [0.5, 0.6) is 0 Å². The van der Waals surface area contributed by atoms with E-state index in [-0.39, 0.29) is 5.92 Å². The number of rotatable bonds is 5. The molecule has 1 fully saturated rings. The third-order valence-corrected chi connectivity index (χ3v) is 7.13. The number of nitrogens with zero attached hydrogens (tertiary/aromatic N) is 1. The molecular weight excluding hydrogens is 424 g/mol. The van der Waals surface area contributed by atoms with Crippen molar-refractivity contribution in [2.75, 3.05) is 5.32 Å². The van der Waals surface area contributed by atoms with Gasteiger partial charge in [0.05, 0.1) is 10.2 Å². The normalized spacial score (nSPS) is 14.6. The first-order valence-electron chi connectivity index (χ1n) is 10.7. The number of fused-ring (bicyclic) bond motifs is 1. The van der Waals surface area contributed by atoms with Crippen LogP contribution in [-0.2, 0) is 0 Å². The van der Waals surface area contributed by atoms with E-state index in [0.29, 0.717) is 5.78 Å². The van der Waals surface area contributed by atoms with Gasteiger partial charge in [-0.05, 0) is 54.3 Å². The lowest BCUT2D eigenvalue weighted by atomic mass is 9.83. The molecule has 5 rings (SSSR count). The molecule has 1 aliphatic rings. The van der Waals surface area contributed by atoms with Crippen LogP contribution in [0.2, 0.25) is 5.02 Å². The van der Waals surface area contributed by atoms with Crippen molar-refractivity contribution >= 4 is 49.8 Å². The zero-order chi connectivity index (χ0) is 21.2. The lowest BCUT2D eigenvalue weighted by molar-refractivity contribution is 0.0889. The van der Waals surface area contributed by atoms with E-state index in [0.717, 1.165) is 55.6 Å². The molecule has 4 aromatic rings. The van der Waals surface area contributed by atoms with Gasteiger partial charge in [0.15, 0.2) is 10.9 Å². The fourth-order valence-electron chi connectivity index (χ4n) is 4.25. The Bertz CT molecular complexity index is 1210. The third kappa shape index (κ3) is 4.51. The first kappa shape index (κ1) is 20.2. The van der Waals surface area contributed by atoms with Gasteiger partial charge in [0.2, 0.25) is 0 Å². The van der Waals surface area contributed by atoms with Crippen LogP contribution >= 0.6 is 22.9 Å². The molecule has 1 saturated carbocycles. The zero-order valence-electron chi connectivity index (χ0n) is 17.1. The molecule has 31 heavy (non-hydrogen) atoms. The van der Waals surface area contributed by atoms with Crippen molar-refractivity contribution in [2.24, 2.45) is 5.92 Å². The highest BCUT2D eigenvalue weighted by Gasteiger charge is 2.22. The number of carbonyl (C=O) groups is 1. The van der Waals surface area contributed by atoms with Crippen LogP contribution in [0.4, 0.5) is 10.8 Å². The predicted octanol–water partition coefficient (Wildman–Crippen LogP) is 8.12. The van der Waals surface area contributed by atoms with Gasteiger partial charge in [-0.15, -0.1) is 0 Å². The van der Waals surface area contributed by atoms with Gasteiger partial charge < -0.3 is 5.32 Å². The second-order valence-electron chi connectivity index (χ2n) is 8.11. The summed E-state index contributed by atoms with van der Waals surface area (Å²) in [6, 6.07) is 22.1. The van der Waals surface area contributed by atoms with Crippen LogP contribution in [0.1, 0.15) is 42.5 Å². The first-order chi connectivity index (χ1) is 15.2. The van der Waals surface area contributed by atoms with Crippen LogP contribution in [-0.4, -0.2) is 10.8 Å².